The van der Waals surface area contributed by atoms with E-state index in [-0.39, 0.29) is 5.78 Å². The average Bonchev–Trinajstić information content (AvgIpc) is 2.84. The van der Waals surface area contributed by atoms with Crippen LogP contribution in [0.25, 0.3) is 0 Å². The zero-order valence-corrected chi connectivity index (χ0v) is 11.1. The molecular formula is C15H15NOS. The molecular weight excluding hydrogens is 242 g/mol. The molecule has 0 amide bonds. The van der Waals surface area contributed by atoms with Gasteiger partial charge in [-0.25, -0.2) is 0 Å². The van der Waals surface area contributed by atoms with Crippen molar-refractivity contribution in [2.45, 2.75) is 19.9 Å². The molecule has 1 aromatic carbocycles. The highest BCUT2D eigenvalue weighted by Crippen LogP contribution is 2.20. The van der Waals surface area contributed by atoms with Crippen LogP contribution in [0.3, 0.4) is 0 Å². The van der Waals surface area contributed by atoms with Crippen LogP contribution >= 0.6 is 11.3 Å². The van der Waals surface area contributed by atoms with Gasteiger partial charge in [-0.2, -0.15) is 0 Å². The molecule has 0 saturated heterocycles. The van der Waals surface area contributed by atoms with Gasteiger partial charge >= 0.3 is 0 Å². The highest BCUT2D eigenvalue weighted by atomic mass is 32.1. The van der Waals surface area contributed by atoms with E-state index >= 15 is 0 Å². The summed E-state index contributed by atoms with van der Waals surface area (Å²) in [4.78, 5) is 13.5. The third-order valence-corrected chi connectivity index (χ3v) is 4.21. The Balaban J connectivity index is 1.95. The molecule has 1 aromatic heterocycles. The van der Waals surface area contributed by atoms with Gasteiger partial charge in [-0.1, -0.05) is 12.1 Å². The van der Waals surface area contributed by atoms with Gasteiger partial charge in [0.25, 0.3) is 0 Å². The van der Waals surface area contributed by atoms with E-state index in [1.54, 1.807) is 11.3 Å². The fraction of sp³-hybridized carbons (Fsp3) is 0.267. The van der Waals surface area contributed by atoms with Crippen molar-refractivity contribution in [2.75, 3.05) is 6.54 Å². The van der Waals surface area contributed by atoms with Gasteiger partial charge in [0, 0.05) is 27.9 Å². The van der Waals surface area contributed by atoms with E-state index in [2.05, 4.69) is 11.4 Å². The molecule has 1 N–H and O–H groups in total. The standard InChI is InChI=1S/C15H15NOS/c1-10-6-14(9-18-10)15(17)12-3-2-11-4-5-16-8-13(11)7-12/h2-3,6-7,9,16H,4-5,8H2,1H3. The van der Waals surface area contributed by atoms with Crippen LogP contribution in [0, 0.1) is 6.92 Å². The minimum atomic E-state index is 0.132. The van der Waals surface area contributed by atoms with Gasteiger partial charge in [0.05, 0.1) is 0 Å². The van der Waals surface area contributed by atoms with Gasteiger partial charge in [-0.15, -0.1) is 11.3 Å². The molecule has 0 unspecified atom stereocenters. The molecule has 1 aliphatic rings. The van der Waals surface area contributed by atoms with Crippen LogP contribution in [0.2, 0.25) is 0 Å². The molecule has 18 heavy (non-hydrogen) atoms. The van der Waals surface area contributed by atoms with Gasteiger partial charge in [0.15, 0.2) is 5.78 Å². The maximum Gasteiger partial charge on any atom is 0.193 e. The lowest BCUT2D eigenvalue weighted by atomic mass is 9.96. The molecule has 3 rings (SSSR count). The first kappa shape index (κ1) is 11.6. The second-order valence-corrected chi connectivity index (χ2v) is 5.80. The van der Waals surface area contributed by atoms with Crippen molar-refractivity contribution >= 4 is 17.1 Å². The third kappa shape index (κ3) is 2.11. The zero-order chi connectivity index (χ0) is 12.5. The van der Waals surface area contributed by atoms with Crippen molar-refractivity contribution in [1.29, 1.82) is 0 Å². The summed E-state index contributed by atoms with van der Waals surface area (Å²) >= 11 is 1.62. The second kappa shape index (κ2) is 4.67. The van der Waals surface area contributed by atoms with E-state index in [9.17, 15) is 4.79 Å². The fourth-order valence-electron chi connectivity index (χ4n) is 2.35. The second-order valence-electron chi connectivity index (χ2n) is 4.69. The number of ketones is 1. The van der Waals surface area contributed by atoms with E-state index in [4.69, 9.17) is 0 Å². The Morgan fingerprint density at radius 3 is 2.89 bits per heavy atom. The third-order valence-electron chi connectivity index (χ3n) is 3.35. The Morgan fingerprint density at radius 2 is 2.11 bits per heavy atom. The van der Waals surface area contributed by atoms with Crippen molar-refractivity contribution in [2.24, 2.45) is 0 Å². The highest BCUT2D eigenvalue weighted by molar-refractivity contribution is 7.10. The zero-order valence-electron chi connectivity index (χ0n) is 10.3. The molecule has 2 aromatic rings. The molecule has 92 valence electrons. The van der Waals surface area contributed by atoms with Gasteiger partial charge in [-0.05, 0) is 43.1 Å². The normalized spacial score (nSPS) is 14.3. The van der Waals surface area contributed by atoms with Crippen LogP contribution < -0.4 is 5.32 Å². The molecule has 0 bridgehead atoms. The first-order chi connectivity index (χ1) is 8.74. The van der Waals surface area contributed by atoms with Gasteiger partial charge in [-0.3, -0.25) is 4.79 Å². The summed E-state index contributed by atoms with van der Waals surface area (Å²) in [6, 6.07) is 8.06. The number of hydrogen-bond acceptors (Lipinski definition) is 3. The van der Waals surface area contributed by atoms with Crippen LogP contribution in [0.1, 0.15) is 31.9 Å². The summed E-state index contributed by atoms with van der Waals surface area (Å²) < 4.78 is 0. The summed E-state index contributed by atoms with van der Waals surface area (Å²) in [7, 11) is 0. The van der Waals surface area contributed by atoms with Crippen LogP contribution in [0.15, 0.2) is 29.6 Å². The summed E-state index contributed by atoms with van der Waals surface area (Å²) in [5.74, 6) is 0.132. The number of thiophene rings is 1. The van der Waals surface area contributed by atoms with E-state index in [1.807, 2.05) is 30.5 Å². The molecule has 0 atom stereocenters. The number of fused-ring (bicyclic) bond motifs is 1. The van der Waals surface area contributed by atoms with Crippen LogP contribution in [-0.4, -0.2) is 12.3 Å². The first-order valence-corrected chi connectivity index (χ1v) is 7.04. The molecule has 2 heterocycles. The minimum Gasteiger partial charge on any atom is -0.312 e. The number of hydrogen-bond donors (Lipinski definition) is 1. The molecule has 0 radical (unpaired) electrons. The van der Waals surface area contributed by atoms with Gasteiger partial charge < -0.3 is 5.32 Å². The minimum absolute atomic E-state index is 0.132. The molecule has 1 aliphatic heterocycles. The molecule has 0 spiro atoms. The Morgan fingerprint density at radius 1 is 1.22 bits per heavy atom. The van der Waals surface area contributed by atoms with Crippen molar-refractivity contribution < 1.29 is 4.79 Å². The van der Waals surface area contributed by atoms with Crippen molar-refractivity contribution in [1.82, 2.24) is 5.32 Å². The number of carbonyl (C=O) groups excluding carboxylic acids is 1. The Labute approximate surface area is 111 Å². The van der Waals surface area contributed by atoms with Gasteiger partial charge in [0.1, 0.15) is 0 Å². The lowest BCUT2D eigenvalue weighted by molar-refractivity contribution is 0.103. The molecule has 0 saturated carbocycles. The van der Waals surface area contributed by atoms with Crippen molar-refractivity contribution in [3.05, 3.63) is 56.8 Å². The average molecular weight is 257 g/mol. The quantitative estimate of drug-likeness (QED) is 0.838. The highest BCUT2D eigenvalue weighted by Gasteiger charge is 2.14. The number of benzene rings is 1. The molecule has 3 heteroatoms. The van der Waals surface area contributed by atoms with Crippen molar-refractivity contribution in [3.63, 3.8) is 0 Å². The smallest absolute Gasteiger partial charge is 0.193 e. The lowest BCUT2D eigenvalue weighted by Crippen LogP contribution is -2.23. The largest absolute Gasteiger partial charge is 0.312 e. The Hall–Kier alpha value is -1.45. The fourth-order valence-corrected chi connectivity index (χ4v) is 3.03. The predicted molar refractivity (Wildman–Crippen MR) is 74.3 cm³/mol. The van der Waals surface area contributed by atoms with E-state index in [1.165, 1.54) is 16.0 Å². The van der Waals surface area contributed by atoms with Crippen LogP contribution in [0.4, 0.5) is 0 Å². The monoisotopic (exact) mass is 257 g/mol. The summed E-state index contributed by atoms with van der Waals surface area (Å²) in [6.07, 6.45) is 1.06. The lowest BCUT2D eigenvalue weighted by Gasteiger charge is -2.17. The van der Waals surface area contributed by atoms with E-state index in [0.717, 1.165) is 30.6 Å². The number of carbonyl (C=O) groups is 1. The topological polar surface area (TPSA) is 29.1 Å². The van der Waals surface area contributed by atoms with E-state index < -0.39 is 0 Å². The number of rotatable bonds is 2. The maximum absolute atomic E-state index is 12.3. The Bertz CT molecular complexity index is 600. The predicted octanol–water partition coefficient (Wildman–Crippen LogP) is 2.93. The first-order valence-electron chi connectivity index (χ1n) is 6.16. The van der Waals surface area contributed by atoms with Gasteiger partial charge in [0.2, 0.25) is 0 Å². The van der Waals surface area contributed by atoms with E-state index in [0.29, 0.717) is 0 Å². The number of aryl methyl sites for hydroxylation is 1. The van der Waals surface area contributed by atoms with Crippen molar-refractivity contribution in [3.8, 4) is 0 Å². The molecule has 0 fully saturated rings. The summed E-state index contributed by atoms with van der Waals surface area (Å²) in [6.45, 7) is 3.93. The SMILES string of the molecule is Cc1cc(C(=O)c2ccc3c(c2)CNCC3)cs1. The Kier molecular flexibility index (Phi) is 3.02. The molecule has 0 aliphatic carbocycles. The molecule has 2 nitrogen and oxygen atoms in total. The summed E-state index contributed by atoms with van der Waals surface area (Å²) in [5, 5.41) is 5.28. The van der Waals surface area contributed by atoms with Crippen LogP contribution in [-0.2, 0) is 13.0 Å². The van der Waals surface area contributed by atoms with Crippen LogP contribution in [0.5, 0.6) is 0 Å². The number of nitrogens with one attached hydrogen (secondary N) is 1. The maximum atomic E-state index is 12.3. The summed E-state index contributed by atoms with van der Waals surface area (Å²) in [5.41, 5.74) is 4.24.